The number of hydrogen-bond acceptors (Lipinski definition) is 5. The summed E-state index contributed by atoms with van der Waals surface area (Å²) in [6, 6.07) is 20.0. The predicted molar refractivity (Wildman–Crippen MR) is 118 cm³/mol. The van der Waals surface area contributed by atoms with E-state index in [0.29, 0.717) is 36.4 Å². The summed E-state index contributed by atoms with van der Waals surface area (Å²) in [6.07, 6.45) is 3.70. The lowest BCUT2D eigenvalue weighted by atomic mass is 10.1. The van der Waals surface area contributed by atoms with E-state index in [4.69, 9.17) is 9.15 Å². The van der Waals surface area contributed by atoms with Crippen LogP contribution in [0.25, 0.3) is 0 Å². The summed E-state index contributed by atoms with van der Waals surface area (Å²) in [5, 5.41) is 3.21. The van der Waals surface area contributed by atoms with Crippen LogP contribution in [0.2, 0.25) is 0 Å². The Hall–Kier alpha value is -3.54. The van der Waals surface area contributed by atoms with Gasteiger partial charge in [-0.1, -0.05) is 42.5 Å². The third kappa shape index (κ3) is 5.15. The van der Waals surface area contributed by atoms with Gasteiger partial charge in [-0.25, -0.2) is 4.79 Å². The number of benzene rings is 2. The van der Waals surface area contributed by atoms with Crippen molar-refractivity contribution in [2.24, 2.45) is 0 Å². The minimum Gasteiger partial charge on any atom is -0.467 e. The van der Waals surface area contributed by atoms with Gasteiger partial charge in [0.2, 0.25) is 6.10 Å². The topological polar surface area (TPSA) is 71.8 Å². The molecule has 0 aliphatic carbocycles. The number of esters is 1. The van der Waals surface area contributed by atoms with E-state index in [1.54, 1.807) is 23.3 Å². The lowest BCUT2D eigenvalue weighted by Crippen LogP contribution is -2.40. The number of nitrogens with zero attached hydrogens (tertiary/aromatic N) is 1. The van der Waals surface area contributed by atoms with Crippen LogP contribution >= 0.6 is 0 Å². The van der Waals surface area contributed by atoms with Gasteiger partial charge in [-0.15, -0.1) is 0 Å². The quantitative estimate of drug-likeness (QED) is 0.558. The second-order valence-corrected chi connectivity index (χ2v) is 7.56. The van der Waals surface area contributed by atoms with Gasteiger partial charge in [0, 0.05) is 24.3 Å². The van der Waals surface area contributed by atoms with E-state index in [0.717, 1.165) is 25.0 Å². The van der Waals surface area contributed by atoms with Gasteiger partial charge in [0.25, 0.3) is 5.91 Å². The van der Waals surface area contributed by atoms with Crippen molar-refractivity contribution >= 4 is 17.6 Å². The summed E-state index contributed by atoms with van der Waals surface area (Å²) in [5.41, 5.74) is 1.68. The van der Waals surface area contributed by atoms with Crippen LogP contribution in [0.3, 0.4) is 0 Å². The lowest BCUT2D eigenvalue weighted by molar-refractivity contribution is -0.142. The Balaban J connectivity index is 1.54. The Labute approximate surface area is 181 Å². The second kappa shape index (κ2) is 9.98. The van der Waals surface area contributed by atoms with Crippen molar-refractivity contribution in [2.75, 3.05) is 18.4 Å². The zero-order valence-electron chi connectivity index (χ0n) is 17.3. The Morgan fingerprint density at radius 1 is 0.935 bits per heavy atom. The van der Waals surface area contributed by atoms with Crippen molar-refractivity contribution < 1.29 is 18.7 Å². The number of amides is 1. The molecule has 1 amide bonds. The number of carbonyl (C=O) groups is 2. The maximum absolute atomic E-state index is 13.3. The number of nitrogens with one attached hydrogen (secondary N) is 1. The molecule has 1 N–H and O–H groups in total. The molecule has 0 bridgehead atoms. The first-order valence-electron chi connectivity index (χ1n) is 10.6. The average Bonchev–Trinajstić information content (AvgIpc) is 3.36. The minimum atomic E-state index is -0.968. The van der Waals surface area contributed by atoms with Gasteiger partial charge in [0.05, 0.1) is 18.4 Å². The van der Waals surface area contributed by atoms with Gasteiger partial charge >= 0.3 is 5.97 Å². The van der Waals surface area contributed by atoms with Crippen LogP contribution < -0.4 is 5.32 Å². The van der Waals surface area contributed by atoms with Gasteiger partial charge in [0.15, 0.2) is 0 Å². The molecule has 0 unspecified atom stereocenters. The van der Waals surface area contributed by atoms with Gasteiger partial charge in [0.1, 0.15) is 5.76 Å². The molecule has 1 aliphatic rings. The first kappa shape index (κ1) is 20.7. The van der Waals surface area contributed by atoms with E-state index >= 15 is 0 Å². The van der Waals surface area contributed by atoms with Gasteiger partial charge in [-0.05, 0) is 43.5 Å². The summed E-state index contributed by atoms with van der Waals surface area (Å²) in [4.78, 5) is 28.2. The predicted octanol–water partition coefficient (Wildman–Crippen LogP) is 4.80. The second-order valence-electron chi connectivity index (χ2n) is 7.56. The molecule has 1 saturated heterocycles. The van der Waals surface area contributed by atoms with Crippen LogP contribution in [-0.4, -0.2) is 29.9 Å². The summed E-state index contributed by atoms with van der Waals surface area (Å²) >= 11 is 0. The largest absolute Gasteiger partial charge is 0.467 e. The number of furan rings is 1. The summed E-state index contributed by atoms with van der Waals surface area (Å²) in [5.74, 6) is 0.0487. The van der Waals surface area contributed by atoms with Crippen molar-refractivity contribution in [3.05, 3.63) is 89.9 Å². The molecular formula is C25H26N2O4. The van der Waals surface area contributed by atoms with Crippen molar-refractivity contribution in [1.82, 2.24) is 4.90 Å². The number of ether oxygens (including phenoxy) is 1. The van der Waals surface area contributed by atoms with E-state index in [1.807, 2.05) is 54.6 Å². The Bertz CT molecular complexity index is 995. The van der Waals surface area contributed by atoms with Crippen LogP contribution in [0.15, 0.2) is 77.4 Å². The molecule has 4 rings (SSSR count). The molecule has 1 aromatic heterocycles. The normalized spacial score (nSPS) is 14.6. The highest BCUT2D eigenvalue weighted by Gasteiger charge is 2.31. The maximum Gasteiger partial charge on any atom is 0.341 e. The number of hydrogen-bond donors (Lipinski definition) is 1. The van der Waals surface area contributed by atoms with Gasteiger partial charge < -0.3 is 19.4 Å². The fourth-order valence-corrected chi connectivity index (χ4v) is 3.75. The highest BCUT2D eigenvalue weighted by Crippen LogP contribution is 2.26. The SMILES string of the molecule is O=C(O[C@@H](C(=O)N1CCCCC1)c1ccccc1)c1ccccc1NCc1ccco1. The average molecular weight is 418 g/mol. The molecule has 160 valence electrons. The Morgan fingerprint density at radius 2 is 1.68 bits per heavy atom. The molecule has 1 aliphatic heterocycles. The van der Waals surface area contributed by atoms with Gasteiger partial charge in [-0.2, -0.15) is 0 Å². The molecule has 6 nitrogen and oxygen atoms in total. The zero-order valence-corrected chi connectivity index (χ0v) is 17.3. The number of carbonyl (C=O) groups excluding carboxylic acids is 2. The number of rotatable bonds is 7. The van der Waals surface area contributed by atoms with Crippen molar-refractivity contribution in [2.45, 2.75) is 31.9 Å². The summed E-state index contributed by atoms with van der Waals surface area (Å²) in [7, 11) is 0. The van der Waals surface area contributed by atoms with Crippen LogP contribution in [-0.2, 0) is 16.1 Å². The molecule has 2 aromatic carbocycles. The van der Waals surface area contributed by atoms with Crippen LogP contribution in [0, 0.1) is 0 Å². The monoisotopic (exact) mass is 418 g/mol. The third-order valence-corrected chi connectivity index (χ3v) is 5.40. The standard InChI is InChI=1S/C25H26N2O4/c28-24(27-15-7-2-8-16-27)23(19-10-3-1-4-11-19)31-25(29)21-13-5-6-14-22(21)26-18-20-12-9-17-30-20/h1,3-6,9-14,17,23,26H,2,7-8,15-16,18H2/t23-/m1/s1. The minimum absolute atomic E-state index is 0.166. The smallest absolute Gasteiger partial charge is 0.341 e. The van der Waals surface area contributed by atoms with Crippen molar-refractivity contribution in [3.63, 3.8) is 0 Å². The fourth-order valence-electron chi connectivity index (χ4n) is 3.75. The zero-order chi connectivity index (χ0) is 21.5. The molecule has 1 fully saturated rings. The molecule has 0 spiro atoms. The van der Waals surface area contributed by atoms with Crippen LogP contribution in [0.5, 0.6) is 0 Å². The number of anilines is 1. The maximum atomic E-state index is 13.3. The third-order valence-electron chi connectivity index (χ3n) is 5.40. The Morgan fingerprint density at radius 3 is 2.42 bits per heavy atom. The Kier molecular flexibility index (Phi) is 6.67. The molecule has 3 aromatic rings. The highest BCUT2D eigenvalue weighted by atomic mass is 16.5. The van der Waals surface area contributed by atoms with Gasteiger partial charge in [-0.3, -0.25) is 4.79 Å². The fraction of sp³-hybridized carbons (Fsp3) is 0.280. The van der Waals surface area contributed by atoms with E-state index < -0.39 is 12.1 Å². The molecule has 2 heterocycles. The molecule has 1 atom stereocenters. The van der Waals surface area contributed by atoms with Crippen LogP contribution in [0.1, 0.15) is 47.0 Å². The molecule has 0 radical (unpaired) electrons. The first-order valence-corrected chi connectivity index (χ1v) is 10.6. The molecule has 31 heavy (non-hydrogen) atoms. The van der Waals surface area contributed by atoms with E-state index in [2.05, 4.69) is 5.32 Å². The molecule has 6 heteroatoms. The number of likely N-dealkylation sites (tertiary alicyclic amines) is 1. The van der Waals surface area contributed by atoms with Crippen molar-refractivity contribution in [3.8, 4) is 0 Å². The summed E-state index contributed by atoms with van der Waals surface area (Å²) in [6.45, 7) is 1.83. The van der Waals surface area contributed by atoms with E-state index in [1.165, 1.54) is 0 Å². The van der Waals surface area contributed by atoms with Crippen molar-refractivity contribution in [1.29, 1.82) is 0 Å². The first-order chi connectivity index (χ1) is 15.2. The summed E-state index contributed by atoms with van der Waals surface area (Å²) < 4.78 is 11.2. The van der Waals surface area contributed by atoms with E-state index in [9.17, 15) is 9.59 Å². The number of para-hydroxylation sites is 1. The molecule has 0 saturated carbocycles. The number of piperidine rings is 1. The lowest BCUT2D eigenvalue weighted by Gasteiger charge is -2.30. The molecular weight excluding hydrogens is 392 g/mol. The highest BCUT2D eigenvalue weighted by molar-refractivity contribution is 5.97. The van der Waals surface area contributed by atoms with Crippen LogP contribution in [0.4, 0.5) is 5.69 Å². The van der Waals surface area contributed by atoms with E-state index in [-0.39, 0.29) is 5.91 Å².